The molecule has 0 bridgehead atoms. The Bertz CT molecular complexity index is 935. The molecule has 2 heterocycles. The van der Waals surface area contributed by atoms with Crippen molar-refractivity contribution < 1.29 is 0 Å². The van der Waals surface area contributed by atoms with Crippen LogP contribution in [0.3, 0.4) is 0 Å². The normalized spacial score (nSPS) is 16.3. The van der Waals surface area contributed by atoms with Crippen LogP contribution in [0, 0.1) is 0 Å². The number of hydrogen-bond donors (Lipinski definition) is 0. The summed E-state index contributed by atoms with van der Waals surface area (Å²) < 4.78 is 4.60. The fourth-order valence-corrected chi connectivity index (χ4v) is 4.09. The summed E-state index contributed by atoms with van der Waals surface area (Å²) in [5.41, 5.74) is 2.75. The maximum absolute atomic E-state index is 12.7. The summed E-state index contributed by atoms with van der Waals surface area (Å²) in [6.07, 6.45) is 5.75. The van der Waals surface area contributed by atoms with E-state index in [2.05, 4.69) is 50.0 Å². The van der Waals surface area contributed by atoms with Crippen LogP contribution in [0.5, 0.6) is 0 Å². The van der Waals surface area contributed by atoms with E-state index in [-0.39, 0.29) is 5.56 Å². The van der Waals surface area contributed by atoms with Gasteiger partial charge in [0.05, 0.1) is 11.4 Å². The summed E-state index contributed by atoms with van der Waals surface area (Å²) in [5.74, 6) is 0. The standard InChI is InChI=1S/C21H26BrClN4O/c1-4-6-17(5-2)27-21(28)20(23)19(24(27)3)15-25-11-13-26(14-12-25)18-9-7-16(22)8-10-18/h4-10H,11-15H2,1-3H3/b6-4-,17-5+. The van der Waals surface area contributed by atoms with Gasteiger partial charge in [0, 0.05) is 49.9 Å². The van der Waals surface area contributed by atoms with Crippen LogP contribution in [0.25, 0.3) is 5.70 Å². The average Bonchev–Trinajstić information content (AvgIpc) is 2.91. The number of benzene rings is 1. The molecule has 0 aliphatic carbocycles. The highest BCUT2D eigenvalue weighted by Crippen LogP contribution is 2.22. The summed E-state index contributed by atoms with van der Waals surface area (Å²) in [4.78, 5) is 17.4. The smallest absolute Gasteiger partial charge is 0.290 e. The Kier molecular flexibility index (Phi) is 6.86. The van der Waals surface area contributed by atoms with E-state index >= 15 is 0 Å². The highest BCUT2D eigenvalue weighted by molar-refractivity contribution is 9.10. The summed E-state index contributed by atoms with van der Waals surface area (Å²) in [5, 5.41) is 0.307. The zero-order chi connectivity index (χ0) is 20.3. The third kappa shape index (κ3) is 4.29. The topological polar surface area (TPSA) is 33.4 Å². The van der Waals surface area contributed by atoms with Crippen LogP contribution in [-0.2, 0) is 13.6 Å². The quantitative estimate of drug-likeness (QED) is 0.615. The molecule has 0 spiro atoms. The van der Waals surface area contributed by atoms with Gasteiger partial charge in [0.1, 0.15) is 5.02 Å². The summed E-state index contributed by atoms with van der Waals surface area (Å²) in [6.45, 7) is 8.28. The van der Waals surface area contributed by atoms with Crippen molar-refractivity contribution in [2.45, 2.75) is 20.4 Å². The lowest BCUT2D eigenvalue weighted by molar-refractivity contribution is 0.243. The highest BCUT2D eigenvalue weighted by Gasteiger charge is 2.23. The Morgan fingerprint density at radius 3 is 2.36 bits per heavy atom. The van der Waals surface area contributed by atoms with Crippen LogP contribution in [0.15, 0.2) is 51.8 Å². The molecule has 0 unspecified atom stereocenters. The molecule has 3 rings (SSSR count). The maximum atomic E-state index is 12.7. The lowest BCUT2D eigenvalue weighted by Gasteiger charge is -2.36. The van der Waals surface area contributed by atoms with Crippen molar-refractivity contribution in [3.63, 3.8) is 0 Å². The molecular formula is C21H26BrClN4O. The number of piperazine rings is 1. The second-order valence-corrected chi connectivity index (χ2v) is 8.15. The van der Waals surface area contributed by atoms with Crippen molar-refractivity contribution in [1.29, 1.82) is 0 Å². The Morgan fingerprint density at radius 1 is 1.14 bits per heavy atom. The monoisotopic (exact) mass is 464 g/mol. The van der Waals surface area contributed by atoms with Crippen molar-refractivity contribution in [2.24, 2.45) is 7.05 Å². The van der Waals surface area contributed by atoms with Crippen molar-refractivity contribution >= 4 is 38.9 Å². The molecule has 5 nitrogen and oxygen atoms in total. The number of nitrogens with zero attached hydrogens (tertiary/aromatic N) is 4. The van der Waals surface area contributed by atoms with Gasteiger partial charge in [-0.3, -0.25) is 14.4 Å². The molecular weight excluding hydrogens is 440 g/mol. The van der Waals surface area contributed by atoms with E-state index in [1.54, 1.807) is 4.68 Å². The van der Waals surface area contributed by atoms with Gasteiger partial charge >= 0.3 is 0 Å². The van der Waals surface area contributed by atoms with Crippen LogP contribution in [-0.4, -0.2) is 40.4 Å². The van der Waals surface area contributed by atoms with Crippen LogP contribution in [0.2, 0.25) is 5.02 Å². The van der Waals surface area contributed by atoms with Gasteiger partial charge in [0.25, 0.3) is 5.56 Å². The molecule has 1 aliphatic heterocycles. The van der Waals surface area contributed by atoms with Crippen molar-refractivity contribution in [3.05, 3.63) is 68.0 Å². The molecule has 0 amide bonds. The Labute approximate surface area is 179 Å². The first-order chi connectivity index (χ1) is 13.5. The van der Waals surface area contributed by atoms with E-state index in [0.29, 0.717) is 11.6 Å². The Morgan fingerprint density at radius 2 is 1.79 bits per heavy atom. The average molecular weight is 466 g/mol. The number of allylic oxidation sites excluding steroid dienone is 4. The van der Waals surface area contributed by atoms with Gasteiger partial charge in [-0.15, -0.1) is 0 Å². The predicted molar refractivity (Wildman–Crippen MR) is 121 cm³/mol. The molecule has 28 heavy (non-hydrogen) atoms. The molecule has 0 N–H and O–H groups in total. The third-order valence-electron chi connectivity index (χ3n) is 5.14. The lowest BCUT2D eigenvalue weighted by atomic mass is 10.2. The highest BCUT2D eigenvalue weighted by atomic mass is 79.9. The van der Waals surface area contributed by atoms with Gasteiger partial charge in [-0.2, -0.15) is 0 Å². The van der Waals surface area contributed by atoms with Crippen molar-refractivity contribution in [1.82, 2.24) is 14.3 Å². The van der Waals surface area contributed by atoms with E-state index in [1.165, 1.54) is 5.69 Å². The van der Waals surface area contributed by atoms with Gasteiger partial charge < -0.3 is 4.90 Å². The predicted octanol–water partition coefficient (Wildman–Crippen LogP) is 4.36. The number of halogens is 2. The summed E-state index contributed by atoms with van der Waals surface area (Å²) >= 11 is 9.92. The fraction of sp³-hybridized carbons (Fsp3) is 0.381. The zero-order valence-corrected chi connectivity index (χ0v) is 18.9. The third-order valence-corrected chi connectivity index (χ3v) is 6.05. The number of rotatable bonds is 5. The van der Waals surface area contributed by atoms with Crippen molar-refractivity contribution in [2.75, 3.05) is 31.1 Å². The summed E-state index contributed by atoms with van der Waals surface area (Å²) in [6, 6.07) is 8.42. The second-order valence-electron chi connectivity index (χ2n) is 6.85. The molecule has 0 saturated carbocycles. The van der Waals surface area contributed by atoms with Gasteiger partial charge in [0.15, 0.2) is 0 Å². The minimum atomic E-state index is -0.168. The van der Waals surface area contributed by atoms with Crippen LogP contribution in [0.4, 0.5) is 5.69 Å². The van der Waals surface area contributed by atoms with E-state index in [1.807, 2.05) is 43.8 Å². The van der Waals surface area contributed by atoms with Gasteiger partial charge in [-0.05, 0) is 44.2 Å². The molecule has 1 fully saturated rings. The molecule has 0 atom stereocenters. The first kappa shape index (κ1) is 21.0. The minimum absolute atomic E-state index is 0.168. The molecule has 1 saturated heterocycles. The van der Waals surface area contributed by atoms with Gasteiger partial charge in [0.2, 0.25) is 0 Å². The van der Waals surface area contributed by atoms with E-state index < -0.39 is 0 Å². The Balaban J connectivity index is 1.73. The summed E-state index contributed by atoms with van der Waals surface area (Å²) in [7, 11) is 1.90. The number of anilines is 1. The van der Waals surface area contributed by atoms with Crippen molar-refractivity contribution in [3.8, 4) is 0 Å². The van der Waals surface area contributed by atoms with Gasteiger partial charge in [-0.25, -0.2) is 4.68 Å². The van der Waals surface area contributed by atoms with Crippen LogP contribution < -0.4 is 10.5 Å². The molecule has 0 radical (unpaired) electrons. The molecule has 2 aromatic rings. The maximum Gasteiger partial charge on any atom is 0.290 e. The van der Waals surface area contributed by atoms with E-state index in [9.17, 15) is 4.79 Å². The minimum Gasteiger partial charge on any atom is -0.369 e. The molecule has 7 heteroatoms. The van der Waals surface area contributed by atoms with Crippen LogP contribution >= 0.6 is 27.5 Å². The molecule has 150 valence electrons. The zero-order valence-electron chi connectivity index (χ0n) is 16.5. The largest absolute Gasteiger partial charge is 0.369 e. The first-order valence-corrected chi connectivity index (χ1v) is 10.6. The fourth-order valence-electron chi connectivity index (χ4n) is 3.57. The molecule has 1 aromatic carbocycles. The first-order valence-electron chi connectivity index (χ1n) is 9.45. The van der Waals surface area contributed by atoms with Gasteiger partial charge in [-0.1, -0.05) is 39.7 Å². The number of aromatic nitrogens is 2. The lowest BCUT2D eigenvalue weighted by Crippen LogP contribution is -2.46. The Hall–Kier alpha value is -1.76. The van der Waals surface area contributed by atoms with E-state index in [4.69, 9.17) is 11.6 Å². The second kappa shape index (κ2) is 9.16. The molecule has 1 aromatic heterocycles. The molecule has 1 aliphatic rings. The van der Waals surface area contributed by atoms with Crippen LogP contribution in [0.1, 0.15) is 19.5 Å². The SMILES string of the molecule is C/C=C\C(=C/C)n1c(=O)c(Cl)c(CN2CCN(c3ccc(Br)cc3)CC2)n1C. The number of hydrogen-bond acceptors (Lipinski definition) is 3. The van der Waals surface area contributed by atoms with E-state index in [0.717, 1.165) is 42.0 Å².